The Hall–Kier alpha value is -0.720. The van der Waals surface area contributed by atoms with Crippen LogP contribution in [0.5, 0.6) is 5.75 Å². The minimum atomic E-state index is -3.07. The molecule has 96 valence electrons. The van der Waals surface area contributed by atoms with E-state index in [2.05, 4.69) is 21.2 Å². The van der Waals surface area contributed by atoms with Crippen molar-refractivity contribution in [2.45, 2.75) is 5.92 Å². The molecule has 0 heterocycles. The SMILES string of the molecule is OCC(F)(F)CNCCOc1ccc(Br)cc1. The number of halogens is 3. The van der Waals surface area contributed by atoms with Gasteiger partial charge in [0, 0.05) is 11.0 Å². The van der Waals surface area contributed by atoms with Gasteiger partial charge in [0.1, 0.15) is 19.0 Å². The summed E-state index contributed by atoms with van der Waals surface area (Å²) in [7, 11) is 0. The van der Waals surface area contributed by atoms with E-state index in [1.807, 2.05) is 12.1 Å². The van der Waals surface area contributed by atoms with Crippen molar-refractivity contribution in [2.24, 2.45) is 0 Å². The summed E-state index contributed by atoms with van der Waals surface area (Å²) in [5.74, 6) is -2.39. The van der Waals surface area contributed by atoms with Crippen molar-refractivity contribution in [1.29, 1.82) is 0 Å². The summed E-state index contributed by atoms with van der Waals surface area (Å²) in [4.78, 5) is 0. The summed E-state index contributed by atoms with van der Waals surface area (Å²) in [6.07, 6.45) is 0. The van der Waals surface area contributed by atoms with Crippen molar-refractivity contribution in [3.63, 3.8) is 0 Å². The Balaban J connectivity index is 2.14. The van der Waals surface area contributed by atoms with Crippen LogP contribution in [0.3, 0.4) is 0 Å². The highest BCUT2D eigenvalue weighted by molar-refractivity contribution is 9.10. The Morgan fingerprint density at radius 2 is 1.94 bits per heavy atom. The van der Waals surface area contributed by atoms with Gasteiger partial charge in [-0.2, -0.15) is 0 Å². The number of aliphatic hydroxyl groups excluding tert-OH is 1. The van der Waals surface area contributed by atoms with E-state index in [-0.39, 0.29) is 0 Å². The molecule has 6 heteroatoms. The van der Waals surface area contributed by atoms with E-state index in [0.29, 0.717) is 18.9 Å². The van der Waals surface area contributed by atoms with Gasteiger partial charge in [-0.25, -0.2) is 8.78 Å². The standard InChI is InChI=1S/C11H14BrF2NO2/c12-9-1-3-10(4-2-9)17-6-5-15-7-11(13,14)8-16/h1-4,15-16H,5-8H2. The van der Waals surface area contributed by atoms with Gasteiger partial charge in [-0.05, 0) is 24.3 Å². The maximum Gasteiger partial charge on any atom is 0.282 e. The number of benzene rings is 1. The molecular weight excluding hydrogens is 296 g/mol. The summed E-state index contributed by atoms with van der Waals surface area (Å²) < 4.78 is 31.4. The molecule has 0 bridgehead atoms. The van der Waals surface area contributed by atoms with Crippen LogP contribution in [0.15, 0.2) is 28.7 Å². The molecule has 0 saturated heterocycles. The van der Waals surface area contributed by atoms with E-state index in [4.69, 9.17) is 9.84 Å². The summed E-state index contributed by atoms with van der Waals surface area (Å²) in [6.45, 7) is -1.10. The molecular formula is C11H14BrF2NO2. The second-order valence-electron chi connectivity index (χ2n) is 3.49. The molecule has 3 nitrogen and oxygen atoms in total. The van der Waals surface area contributed by atoms with Crippen LogP contribution < -0.4 is 10.1 Å². The minimum Gasteiger partial charge on any atom is -0.492 e. The first-order valence-corrected chi connectivity index (χ1v) is 5.90. The summed E-state index contributed by atoms with van der Waals surface area (Å²) in [5, 5.41) is 10.8. The van der Waals surface area contributed by atoms with Crippen molar-refractivity contribution in [3.05, 3.63) is 28.7 Å². The molecule has 0 amide bonds. The monoisotopic (exact) mass is 309 g/mol. The molecule has 0 aliphatic carbocycles. The predicted molar refractivity (Wildman–Crippen MR) is 64.5 cm³/mol. The third kappa shape index (κ3) is 5.95. The molecule has 2 N–H and O–H groups in total. The quantitative estimate of drug-likeness (QED) is 0.757. The number of hydrogen-bond acceptors (Lipinski definition) is 3. The van der Waals surface area contributed by atoms with Crippen LogP contribution in [0.1, 0.15) is 0 Å². The number of ether oxygens (including phenoxy) is 1. The first-order valence-electron chi connectivity index (χ1n) is 5.11. The van der Waals surface area contributed by atoms with Gasteiger partial charge in [0.2, 0.25) is 0 Å². The number of hydrogen-bond donors (Lipinski definition) is 2. The molecule has 0 aromatic heterocycles. The van der Waals surface area contributed by atoms with Crippen LogP contribution >= 0.6 is 15.9 Å². The first kappa shape index (κ1) is 14.3. The third-order valence-corrected chi connectivity index (χ3v) is 2.50. The molecule has 17 heavy (non-hydrogen) atoms. The van der Waals surface area contributed by atoms with Crippen molar-refractivity contribution in [3.8, 4) is 5.75 Å². The molecule has 1 aromatic rings. The lowest BCUT2D eigenvalue weighted by Gasteiger charge is -2.14. The fourth-order valence-corrected chi connectivity index (χ4v) is 1.36. The van der Waals surface area contributed by atoms with Crippen LogP contribution in [-0.2, 0) is 0 Å². The largest absolute Gasteiger partial charge is 0.492 e. The van der Waals surface area contributed by atoms with Crippen LogP contribution in [0, 0.1) is 0 Å². The van der Waals surface area contributed by atoms with Gasteiger partial charge in [0.15, 0.2) is 0 Å². The predicted octanol–water partition coefficient (Wildman–Crippen LogP) is 2.05. The highest BCUT2D eigenvalue weighted by Gasteiger charge is 2.26. The Bertz CT molecular complexity index is 333. The molecule has 0 spiro atoms. The lowest BCUT2D eigenvalue weighted by Crippen LogP contribution is -2.37. The van der Waals surface area contributed by atoms with E-state index in [1.165, 1.54) is 0 Å². The van der Waals surface area contributed by atoms with Crippen molar-refractivity contribution < 1.29 is 18.6 Å². The number of aliphatic hydroxyl groups is 1. The van der Waals surface area contributed by atoms with E-state index >= 15 is 0 Å². The van der Waals surface area contributed by atoms with Gasteiger partial charge in [0.05, 0.1) is 6.54 Å². The van der Waals surface area contributed by atoms with Crippen molar-refractivity contribution in [2.75, 3.05) is 26.3 Å². The number of nitrogens with one attached hydrogen (secondary N) is 1. The molecule has 1 rings (SSSR count). The Morgan fingerprint density at radius 3 is 2.53 bits per heavy atom. The smallest absolute Gasteiger partial charge is 0.282 e. The first-order chi connectivity index (χ1) is 8.03. The van der Waals surface area contributed by atoms with E-state index in [0.717, 1.165) is 4.47 Å². The van der Waals surface area contributed by atoms with Crippen LogP contribution in [-0.4, -0.2) is 37.3 Å². The zero-order chi connectivity index (χ0) is 12.7. The molecule has 0 fully saturated rings. The average molecular weight is 310 g/mol. The third-order valence-electron chi connectivity index (χ3n) is 1.98. The highest BCUT2D eigenvalue weighted by atomic mass is 79.9. The summed E-state index contributed by atoms with van der Waals surface area (Å²) >= 11 is 3.29. The lowest BCUT2D eigenvalue weighted by molar-refractivity contribution is -0.0477. The fraction of sp³-hybridized carbons (Fsp3) is 0.455. The van der Waals surface area contributed by atoms with E-state index in [9.17, 15) is 8.78 Å². The maximum atomic E-state index is 12.6. The van der Waals surface area contributed by atoms with Gasteiger partial charge in [0.25, 0.3) is 5.92 Å². The van der Waals surface area contributed by atoms with Crippen molar-refractivity contribution in [1.82, 2.24) is 5.32 Å². The zero-order valence-corrected chi connectivity index (χ0v) is 10.7. The average Bonchev–Trinajstić information content (AvgIpc) is 2.31. The number of alkyl halides is 2. The van der Waals surface area contributed by atoms with Gasteiger partial charge in [-0.3, -0.25) is 0 Å². The number of rotatable bonds is 7. The molecule has 0 radical (unpaired) electrons. The van der Waals surface area contributed by atoms with Gasteiger partial charge in [-0.15, -0.1) is 0 Å². The lowest BCUT2D eigenvalue weighted by atomic mass is 10.3. The molecule has 0 aliphatic heterocycles. The topological polar surface area (TPSA) is 41.5 Å². The molecule has 0 unspecified atom stereocenters. The molecule has 0 atom stereocenters. The normalized spacial score (nSPS) is 11.5. The van der Waals surface area contributed by atoms with Crippen LogP contribution in [0.2, 0.25) is 0 Å². The van der Waals surface area contributed by atoms with Gasteiger partial charge in [-0.1, -0.05) is 15.9 Å². The summed E-state index contributed by atoms with van der Waals surface area (Å²) in [5.41, 5.74) is 0. The molecule has 0 aliphatic rings. The van der Waals surface area contributed by atoms with E-state index in [1.54, 1.807) is 12.1 Å². The van der Waals surface area contributed by atoms with Crippen LogP contribution in [0.4, 0.5) is 8.78 Å². The second-order valence-corrected chi connectivity index (χ2v) is 4.41. The zero-order valence-electron chi connectivity index (χ0n) is 9.13. The molecule has 1 aromatic carbocycles. The Kier molecular flexibility index (Phi) is 5.80. The van der Waals surface area contributed by atoms with E-state index < -0.39 is 19.1 Å². The minimum absolute atomic E-state index is 0.295. The molecule has 0 saturated carbocycles. The fourth-order valence-electron chi connectivity index (χ4n) is 1.10. The Labute approximate surface area is 107 Å². The van der Waals surface area contributed by atoms with Crippen molar-refractivity contribution >= 4 is 15.9 Å². The van der Waals surface area contributed by atoms with Gasteiger partial charge < -0.3 is 15.2 Å². The van der Waals surface area contributed by atoms with Crippen LogP contribution in [0.25, 0.3) is 0 Å². The maximum absolute atomic E-state index is 12.6. The summed E-state index contributed by atoms with van der Waals surface area (Å²) in [6, 6.07) is 7.24. The van der Waals surface area contributed by atoms with Gasteiger partial charge >= 0.3 is 0 Å². The second kappa shape index (κ2) is 6.88. The Morgan fingerprint density at radius 1 is 1.29 bits per heavy atom. The highest BCUT2D eigenvalue weighted by Crippen LogP contribution is 2.15.